The molecule has 0 bridgehead atoms. The van der Waals surface area contributed by atoms with E-state index in [2.05, 4.69) is 34.9 Å². The van der Waals surface area contributed by atoms with Gasteiger partial charge in [0.1, 0.15) is 5.82 Å². The molecule has 0 spiro atoms. The first-order chi connectivity index (χ1) is 12.6. The van der Waals surface area contributed by atoms with E-state index in [1.54, 1.807) is 13.8 Å². The van der Waals surface area contributed by atoms with Crippen molar-refractivity contribution in [3.05, 3.63) is 36.3 Å². The fraction of sp³-hybridized carbons (Fsp3) is 0.500. The van der Waals surface area contributed by atoms with E-state index in [1.165, 1.54) is 0 Å². The maximum atomic E-state index is 10.2. The minimum atomic E-state index is -0.907. The lowest BCUT2D eigenvalue weighted by atomic mass is 9.82. The number of aliphatic hydroxyl groups is 1. The zero-order chi connectivity index (χ0) is 20.1. The summed E-state index contributed by atoms with van der Waals surface area (Å²) >= 11 is 0. The molecule has 1 heterocycles. The second-order valence-corrected chi connectivity index (χ2v) is 8.23. The fourth-order valence-electron chi connectivity index (χ4n) is 2.60. The number of hydrogen-bond donors (Lipinski definition) is 2. The standard InChI is InChI=1S/C22H31BN2O2/c1-7-8-9-10-16(2)20-24-15-19(25-20)17-11-13-18(14-12-17)23-27-22(5,6)21(3,4)26/h1,11-16,23,26H,8-10H2,2-6H3,(H,24,25)/t16-/m0/s1. The summed E-state index contributed by atoms with van der Waals surface area (Å²) in [5.41, 5.74) is 1.64. The van der Waals surface area contributed by atoms with Gasteiger partial charge in [-0.1, -0.05) is 36.7 Å². The number of rotatable bonds is 9. The highest BCUT2D eigenvalue weighted by Crippen LogP contribution is 2.25. The van der Waals surface area contributed by atoms with Crippen molar-refractivity contribution in [2.75, 3.05) is 0 Å². The average molecular weight is 366 g/mol. The van der Waals surface area contributed by atoms with Crippen LogP contribution in [-0.2, 0) is 4.65 Å². The molecule has 144 valence electrons. The number of aromatic nitrogens is 2. The Kier molecular flexibility index (Phi) is 6.92. The van der Waals surface area contributed by atoms with Gasteiger partial charge in [0.25, 0.3) is 0 Å². The van der Waals surface area contributed by atoms with Crippen molar-refractivity contribution in [3.8, 4) is 23.6 Å². The normalized spacial score (nSPS) is 13.2. The summed E-state index contributed by atoms with van der Waals surface area (Å²) in [5, 5.41) is 10.2. The number of terminal acetylenes is 1. The molecule has 5 heteroatoms. The van der Waals surface area contributed by atoms with E-state index in [0.717, 1.165) is 41.8 Å². The molecule has 0 saturated carbocycles. The molecule has 2 N–H and O–H groups in total. The van der Waals surface area contributed by atoms with Gasteiger partial charge < -0.3 is 14.7 Å². The van der Waals surface area contributed by atoms with E-state index in [-0.39, 0.29) is 0 Å². The molecule has 4 nitrogen and oxygen atoms in total. The highest BCUT2D eigenvalue weighted by atomic mass is 16.5. The van der Waals surface area contributed by atoms with Crippen LogP contribution in [0.15, 0.2) is 30.5 Å². The molecule has 1 atom stereocenters. The molecular formula is C22H31BN2O2. The van der Waals surface area contributed by atoms with Gasteiger partial charge in [-0.15, -0.1) is 12.3 Å². The van der Waals surface area contributed by atoms with Gasteiger partial charge in [-0.2, -0.15) is 0 Å². The van der Waals surface area contributed by atoms with Gasteiger partial charge in [0.05, 0.1) is 23.1 Å². The third-order valence-corrected chi connectivity index (χ3v) is 5.36. The molecule has 0 aliphatic rings. The SMILES string of the molecule is C#CCCC[C@H](C)c1ncc(-c2ccc(BOC(C)(C)C(C)(C)O)cc2)[nH]1. The smallest absolute Gasteiger partial charge is 0.309 e. The van der Waals surface area contributed by atoms with Crippen molar-refractivity contribution in [2.45, 2.75) is 71.0 Å². The van der Waals surface area contributed by atoms with Crippen LogP contribution in [-0.4, -0.2) is 33.8 Å². The van der Waals surface area contributed by atoms with Gasteiger partial charge in [-0.05, 0) is 46.1 Å². The molecule has 1 aromatic carbocycles. The Balaban J connectivity index is 1.99. The summed E-state index contributed by atoms with van der Waals surface area (Å²) in [6.07, 6.45) is 10.1. The van der Waals surface area contributed by atoms with Crippen LogP contribution in [0.5, 0.6) is 0 Å². The molecule has 0 radical (unpaired) electrons. The Morgan fingerprint density at radius 2 is 1.93 bits per heavy atom. The van der Waals surface area contributed by atoms with Crippen molar-refractivity contribution in [3.63, 3.8) is 0 Å². The van der Waals surface area contributed by atoms with Gasteiger partial charge in [0.2, 0.25) is 0 Å². The molecule has 2 rings (SSSR count). The van der Waals surface area contributed by atoms with E-state index in [0.29, 0.717) is 13.4 Å². The first-order valence-electron chi connectivity index (χ1n) is 9.58. The monoisotopic (exact) mass is 366 g/mol. The van der Waals surface area contributed by atoms with Gasteiger partial charge in [-0.25, -0.2) is 4.98 Å². The first-order valence-corrected chi connectivity index (χ1v) is 9.58. The molecule has 0 fully saturated rings. The quantitative estimate of drug-likeness (QED) is 0.406. The fourth-order valence-corrected chi connectivity index (χ4v) is 2.60. The van der Waals surface area contributed by atoms with Crippen LogP contribution in [0, 0.1) is 12.3 Å². The van der Waals surface area contributed by atoms with Gasteiger partial charge in [0.15, 0.2) is 0 Å². The van der Waals surface area contributed by atoms with Crippen LogP contribution < -0.4 is 5.46 Å². The van der Waals surface area contributed by atoms with Crippen molar-refractivity contribution in [1.82, 2.24) is 9.97 Å². The summed E-state index contributed by atoms with van der Waals surface area (Å²) in [6, 6.07) is 8.23. The maximum Gasteiger partial charge on any atom is 0.309 e. The van der Waals surface area contributed by atoms with Crippen LogP contribution in [0.4, 0.5) is 0 Å². The van der Waals surface area contributed by atoms with E-state index >= 15 is 0 Å². The molecule has 0 saturated heterocycles. The summed E-state index contributed by atoms with van der Waals surface area (Å²) in [6.45, 7) is 9.50. The lowest BCUT2D eigenvalue weighted by Crippen LogP contribution is -2.49. The summed E-state index contributed by atoms with van der Waals surface area (Å²) in [7, 11) is 0.456. The number of nitrogens with one attached hydrogen (secondary N) is 1. The highest BCUT2D eigenvalue weighted by molar-refractivity contribution is 6.47. The molecule has 2 aromatic rings. The molecule has 27 heavy (non-hydrogen) atoms. The van der Waals surface area contributed by atoms with E-state index in [1.807, 2.05) is 32.2 Å². The Hall–Kier alpha value is -2.03. The summed E-state index contributed by atoms with van der Waals surface area (Å²) in [4.78, 5) is 7.95. The predicted molar refractivity (Wildman–Crippen MR) is 113 cm³/mol. The van der Waals surface area contributed by atoms with Crippen LogP contribution in [0.3, 0.4) is 0 Å². The Morgan fingerprint density at radius 3 is 2.52 bits per heavy atom. The maximum absolute atomic E-state index is 10.2. The number of unbranched alkanes of at least 4 members (excludes halogenated alkanes) is 1. The third-order valence-electron chi connectivity index (χ3n) is 5.36. The van der Waals surface area contributed by atoms with E-state index < -0.39 is 11.2 Å². The topological polar surface area (TPSA) is 58.1 Å². The largest absolute Gasteiger partial charge is 0.427 e. The predicted octanol–water partition coefficient (Wildman–Crippen LogP) is 3.53. The van der Waals surface area contributed by atoms with Gasteiger partial charge in [-0.3, -0.25) is 0 Å². The lowest BCUT2D eigenvalue weighted by Gasteiger charge is -2.37. The number of nitrogens with zero attached hydrogens (tertiary/aromatic N) is 1. The molecule has 0 amide bonds. The van der Waals surface area contributed by atoms with Gasteiger partial charge >= 0.3 is 7.48 Å². The number of aromatic amines is 1. The zero-order valence-corrected chi connectivity index (χ0v) is 17.2. The van der Waals surface area contributed by atoms with Crippen molar-refractivity contribution >= 4 is 12.9 Å². The van der Waals surface area contributed by atoms with Crippen LogP contribution in [0.1, 0.15) is 65.6 Å². The summed E-state index contributed by atoms with van der Waals surface area (Å²) in [5.74, 6) is 4.05. The highest BCUT2D eigenvalue weighted by Gasteiger charge is 2.35. The Morgan fingerprint density at radius 1 is 1.26 bits per heavy atom. The molecule has 0 aliphatic heterocycles. The third kappa shape index (κ3) is 5.72. The minimum Gasteiger partial charge on any atom is -0.427 e. The number of H-pyrrole nitrogens is 1. The van der Waals surface area contributed by atoms with Crippen LogP contribution >= 0.6 is 0 Å². The minimum absolute atomic E-state index is 0.365. The number of benzene rings is 1. The summed E-state index contributed by atoms with van der Waals surface area (Å²) < 4.78 is 5.92. The molecule has 0 aliphatic carbocycles. The molecular weight excluding hydrogens is 335 g/mol. The first kappa shape index (κ1) is 21.3. The Labute approximate surface area is 164 Å². The van der Waals surface area contributed by atoms with Crippen LogP contribution in [0.2, 0.25) is 0 Å². The molecule has 0 unspecified atom stereocenters. The second-order valence-electron chi connectivity index (χ2n) is 8.23. The van der Waals surface area contributed by atoms with Crippen molar-refractivity contribution in [1.29, 1.82) is 0 Å². The Bertz CT molecular complexity index is 767. The second kappa shape index (κ2) is 8.78. The van der Waals surface area contributed by atoms with Crippen LogP contribution in [0.25, 0.3) is 11.3 Å². The average Bonchev–Trinajstić information content (AvgIpc) is 3.10. The number of hydrogen-bond acceptors (Lipinski definition) is 3. The zero-order valence-electron chi connectivity index (χ0n) is 17.2. The van der Waals surface area contributed by atoms with Crippen molar-refractivity contribution in [2.24, 2.45) is 0 Å². The lowest BCUT2D eigenvalue weighted by molar-refractivity contribution is -0.0893. The molecule has 1 aromatic heterocycles. The number of imidazole rings is 1. The van der Waals surface area contributed by atoms with E-state index in [4.69, 9.17) is 11.1 Å². The van der Waals surface area contributed by atoms with E-state index in [9.17, 15) is 5.11 Å². The van der Waals surface area contributed by atoms with Crippen molar-refractivity contribution < 1.29 is 9.76 Å². The van der Waals surface area contributed by atoms with Gasteiger partial charge in [0, 0.05) is 12.3 Å².